The molecule has 6 heteroatoms. The molecule has 0 saturated carbocycles. The van der Waals surface area contributed by atoms with Gasteiger partial charge < -0.3 is 10.2 Å². The molecule has 0 aliphatic rings. The molecular weight excluding hydrogens is 331 g/mol. The number of amides is 1. The maximum absolute atomic E-state index is 12.9. The van der Waals surface area contributed by atoms with E-state index in [1.54, 1.807) is 12.1 Å². The standard InChI is InChI=1S/C20H19FN4O/c1-2-25(18-6-4-3-5-7-18)20-23-13-16(14-24-20)19(26)22-12-15-8-10-17(21)11-9-15/h3-11,13-14H,2,12H2,1H3,(H,22,26). The number of rotatable bonds is 6. The summed E-state index contributed by atoms with van der Waals surface area (Å²) in [5, 5.41) is 2.77. The van der Waals surface area contributed by atoms with Gasteiger partial charge in [0.05, 0.1) is 5.56 Å². The number of carbonyl (C=O) groups excluding carboxylic acids is 1. The smallest absolute Gasteiger partial charge is 0.254 e. The van der Waals surface area contributed by atoms with E-state index in [0.717, 1.165) is 11.3 Å². The van der Waals surface area contributed by atoms with Gasteiger partial charge in [0, 0.05) is 31.2 Å². The number of hydrogen-bond donors (Lipinski definition) is 1. The molecule has 5 nitrogen and oxygen atoms in total. The van der Waals surface area contributed by atoms with Gasteiger partial charge in [-0.25, -0.2) is 14.4 Å². The third kappa shape index (κ3) is 4.22. The first kappa shape index (κ1) is 17.5. The van der Waals surface area contributed by atoms with Crippen LogP contribution in [-0.4, -0.2) is 22.4 Å². The monoisotopic (exact) mass is 350 g/mol. The molecule has 0 radical (unpaired) electrons. The highest BCUT2D eigenvalue weighted by Gasteiger charge is 2.12. The van der Waals surface area contributed by atoms with Gasteiger partial charge in [-0.2, -0.15) is 0 Å². The predicted molar refractivity (Wildman–Crippen MR) is 98.7 cm³/mol. The Balaban J connectivity index is 1.66. The maximum atomic E-state index is 12.9. The fourth-order valence-corrected chi connectivity index (χ4v) is 2.51. The van der Waals surface area contributed by atoms with Crippen molar-refractivity contribution in [2.45, 2.75) is 13.5 Å². The van der Waals surface area contributed by atoms with Crippen LogP contribution in [0.3, 0.4) is 0 Å². The summed E-state index contributed by atoms with van der Waals surface area (Å²) in [6, 6.07) is 15.8. The van der Waals surface area contributed by atoms with Crippen molar-refractivity contribution in [1.29, 1.82) is 0 Å². The molecule has 0 saturated heterocycles. The van der Waals surface area contributed by atoms with Crippen molar-refractivity contribution < 1.29 is 9.18 Å². The number of anilines is 2. The van der Waals surface area contributed by atoms with Crippen LogP contribution in [0.5, 0.6) is 0 Å². The Morgan fingerprint density at radius 3 is 2.31 bits per heavy atom. The number of aromatic nitrogens is 2. The summed E-state index contributed by atoms with van der Waals surface area (Å²) < 4.78 is 12.9. The van der Waals surface area contributed by atoms with Gasteiger partial charge >= 0.3 is 0 Å². The number of halogens is 1. The highest BCUT2D eigenvalue weighted by atomic mass is 19.1. The molecule has 3 aromatic rings. The van der Waals surface area contributed by atoms with Crippen molar-refractivity contribution >= 4 is 17.5 Å². The van der Waals surface area contributed by atoms with E-state index in [-0.39, 0.29) is 11.7 Å². The van der Waals surface area contributed by atoms with Gasteiger partial charge in [0.1, 0.15) is 5.82 Å². The Kier molecular flexibility index (Phi) is 5.53. The molecule has 0 bridgehead atoms. The van der Waals surface area contributed by atoms with Crippen molar-refractivity contribution in [1.82, 2.24) is 15.3 Å². The first-order valence-electron chi connectivity index (χ1n) is 8.34. The van der Waals surface area contributed by atoms with Crippen LogP contribution in [0.1, 0.15) is 22.8 Å². The molecular formula is C20H19FN4O. The first-order valence-corrected chi connectivity index (χ1v) is 8.34. The van der Waals surface area contributed by atoms with Crippen LogP contribution in [0, 0.1) is 5.82 Å². The lowest BCUT2D eigenvalue weighted by molar-refractivity contribution is 0.0950. The Morgan fingerprint density at radius 1 is 1.04 bits per heavy atom. The minimum atomic E-state index is -0.303. The van der Waals surface area contributed by atoms with E-state index in [4.69, 9.17) is 0 Å². The second kappa shape index (κ2) is 8.20. The molecule has 2 aromatic carbocycles. The molecule has 0 unspecified atom stereocenters. The average Bonchev–Trinajstić information content (AvgIpc) is 2.69. The summed E-state index contributed by atoms with van der Waals surface area (Å²) in [6.07, 6.45) is 3.02. The lowest BCUT2D eigenvalue weighted by atomic mass is 10.2. The molecule has 0 aliphatic carbocycles. The molecule has 0 fully saturated rings. The zero-order valence-electron chi connectivity index (χ0n) is 14.4. The lowest BCUT2D eigenvalue weighted by Gasteiger charge is -2.20. The number of benzene rings is 2. The Morgan fingerprint density at radius 2 is 1.69 bits per heavy atom. The van der Waals surface area contributed by atoms with Gasteiger partial charge in [0.25, 0.3) is 5.91 Å². The predicted octanol–water partition coefficient (Wildman–Crippen LogP) is 3.70. The van der Waals surface area contributed by atoms with E-state index in [1.165, 1.54) is 24.5 Å². The number of para-hydroxylation sites is 1. The van der Waals surface area contributed by atoms with Crippen molar-refractivity contribution in [2.75, 3.05) is 11.4 Å². The van der Waals surface area contributed by atoms with E-state index < -0.39 is 0 Å². The molecule has 1 aromatic heterocycles. The van der Waals surface area contributed by atoms with Crippen LogP contribution in [0.15, 0.2) is 67.0 Å². The van der Waals surface area contributed by atoms with Crippen LogP contribution < -0.4 is 10.2 Å². The van der Waals surface area contributed by atoms with Gasteiger partial charge in [-0.1, -0.05) is 30.3 Å². The highest BCUT2D eigenvalue weighted by Crippen LogP contribution is 2.20. The molecule has 0 spiro atoms. The number of nitrogens with one attached hydrogen (secondary N) is 1. The van der Waals surface area contributed by atoms with E-state index in [2.05, 4.69) is 15.3 Å². The second-order valence-corrected chi connectivity index (χ2v) is 5.66. The zero-order valence-corrected chi connectivity index (χ0v) is 14.4. The third-order valence-corrected chi connectivity index (χ3v) is 3.89. The van der Waals surface area contributed by atoms with Gasteiger partial charge in [-0.15, -0.1) is 0 Å². The van der Waals surface area contributed by atoms with Crippen LogP contribution >= 0.6 is 0 Å². The summed E-state index contributed by atoms with van der Waals surface area (Å²) in [5.74, 6) is -0.0413. The number of carbonyl (C=O) groups is 1. The molecule has 0 atom stereocenters. The lowest BCUT2D eigenvalue weighted by Crippen LogP contribution is -2.24. The number of nitrogens with zero attached hydrogens (tertiary/aromatic N) is 3. The third-order valence-electron chi connectivity index (χ3n) is 3.89. The molecule has 1 heterocycles. The fraction of sp³-hybridized carbons (Fsp3) is 0.150. The topological polar surface area (TPSA) is 58.1 Å². The van der Waals surface area contributed by atoms with Crippen LogP contribution in [0.25, 0.3) is 0 Å². The highest BCUT2D eigenvalue weighted by molar-refractivity contribution is 5.93. The van der Waals surface area contributed by atoms with E-state index >= 15 is 0 Å². The average molecular weight is 350 g/mol. The summed E-state index contributed by atoms with van der Waals surface area (Å²) >= 11 is 0. The minimum Gasteiger partial charge on any atom is -0.348 e. The van der Waals surface area contributed by atoms with Crippen molar-refractivity contribution in [2.24, 2.45) is 0 Å². The zero-order chi connectivity index (χ0) is 18.4. The van der Waals surface area contributed by atoms with Gasteiger partial charge in [0.15, 0.2) is 0 Å². The summed E-state index contributed by atoms with van der Waals surface area (Å²) in [5.41, 5.74) is 2.18. The summed E-state index contributed by atoms with van der Waals surface area (Å²) in [6.45, 7) is 3.03. The maximum Gasteiger partial charge on any atom is 0.254 e. The Labute approximate surface area is 151 Å². The second-order valence-electron chi connectivity index (χ2n) is 5.66. The van der Waals surface area contributed by atoms with Crippen molar-refractivity contribution in [3.8, 4) is 0 Å². The molecule has 26 heavy (non-hydrogen) atoms. The molecule has 132 valence electrons. The molecule has 1 amide bonds. The van der Waals surface area contributed by atoms with Gasteiger partial charge in [-0.3, -0.25) is 4.79 Å². The number of hydrogen-bond acceptors (Lipinski definition) is 4. The van der Waals surface area contributed by atoms with Crippen molar-refractivity contribution in [3.63, 3.8) is 0 Å². The minimum absolute atomic E-state index is 0.274. The van der Waals surface area contributed by atoms with Crippen molar-refractivity contribution in [3.05, 3.63) is 83.9 Å². The van der Waals surface area contributed by atoms with E-state index in [0.29, 0.717) is 24.6 Å². The summed E-state index contributed by atoms with van der Waals surface area (Å²) in [4.78, 5) is 22.8. The largest absolute Gasteiger partial charge is 0.348 e. The molecule has 3 rings (SSSR count). The van der Waals surface area contributed by atoms with Gasteiger partial charge in [-0.05, 0) is 36.8 Å². The van der Waals surface area contributed by atoms with Gasteiger partial charge in [0.2, 0.25) is 5.95 Å². The van der Waals surface area contributed by atoms with Crippen LogP contribution in [-0.2, 0) is 6.54 Å². The normalized spacial score (nSPS) is 10.4. The van der Waals surface area contributed by atoms with E-state index in [9.17, 15) is 9.18 Å². The van der Waals surface area contributed by atoms with Crippen LogP contribution in [0.2, 0.25) is 0 Å². The molecule has 0 aliphatic heterocycles. The van der Waals surface area contributed by atoms with E-state index in [1.807, 2.05) is 42.2 Å². The Bertz CT molecular complexity index is 851. The fourth-order valence-electron chi connectivity index (χ4n) is 2.51. The molecule has 1 N–H and O–H groups in total. The Hall–Kier alpha value is -3.28. The SMILES string of the molecule is CCN(c1ccccc1)c1ncc(C(=O)NCc2ccc(F)cc2)cn1. The summed E-state index contributed by atoms with van der Waals surface area (Å²) in [7, 11) is 0. The van der Waals surface area contributed by atoms with Crippen LogP contribution in [0.4, 0.5) is 16.0 Å². The quantitative estimate of drug-likeness (QED) is 0.736. The first-order chi connectivity index (χ1) is 12.7.